The quantitative estimate of drug-likeness (QED) is 0.0590. The van der Waals surface area contributed by atoms with Crippen LogP contribution in [0, 0.1) is 0 Å². The minimum atomic E-state index is -4.12. The molecule has 12 rings (SSSR count). The molecule has 0 fully saturated rings. The number of aldehydes is 1. The zero-order chi connectivity index (χ0) is 68.9. The molecule has 0 radical (unpaired) electrons. The van der Waals surface area contributed by atoms with Crippen molar-refractivity contribution in [2.24, 2.45) is 0 Å². The van der Waals surface area contributed by atoms with Gasteiger partial charge >= 0.3 is 6.09 Å². The first-order valence-electron chi connectivity index (χ1n) is 32.0. The molecule has 2 aliphatic heterocycles. The highest BCUT2D eigenvalue weighted by atomic mass is 32.2. The fourth-order valence-corrected chi connectivity index (χ4v) is 12.6. The SMILES string of the molecule is COc1cc2c(cc1OCc1ccccc1)CCN(C(=O)OC(C)(C)C)C2CS(=O)(=O)c1nnnn1-c1ccccc1.COc1ccc(/C=C/C2NCCc3cc(OCc4ccccc4)c(OC)cc32)cc1OCc1ccccc1.COc1ccc(C=O)cc1OCc1ccccc1. The lowest BCUT2D eigenvalue weighted by Crippen LogP contribution is -2.45. The first-order chi connectivity index (χ1) is 47.6. The number of ether oxygens (including phenoxy) is 9. The highest BCUT2D eigenvalue weighted by molar-refractivity contribution is 7.91. The number of nitrogens with one attached hydrogen (secondary N) is 1. The maximum atomic E-state index is 13.9. The second-order valence-electron chi connectivity index (χ2n) is 23.9. The van der Waals surface area contributed by atoms with E-state index in [0.717, 1.165) is 69.9 Å². The first kappa shape index (κ1) is 69.9. The highest BCUT2D eigenvalue weighted by Gasteiger charge is 2.40. The number of carbonyl (C=O) groups excluding carboxylic acids is 2. The number of hydrogen-bond donors (Lipinski definition) is 1. The summed E-state index contributed by atoms with van der Waals surface area (Å²) in [6.45, 7) is 8.20. The van der Waals surface area contributed by atoms with Crippen molar-refractivity contribution in [3.63, 3.8) is 0 Å². The second kappa shape index (κ2) is 33.6. The van der Waals surface area contributed by atoms with Crippen molar-refractivity contribution in [2.75, 3.05) is 47.3 Å². The van der Waals surface area contributed by atoms with Crippen LogP contribution >= 0.6 is 0 Å². The zero-order valence-corrected chi connectivity index (χ0v) is 56.7. The number of fused-ring (bicyclic) bond motifs is 2. The van der Waals surface area contributed by atoms with Crippen molar-refractivity contribution in [1.29, 1.82) is 0 Å². The fourth-order valence-electron chi connectivity index (χ4n) is 11.1. The van der Waals surface area contributed by atoms with E-state index in [1.807, 2.05) is 127 Å². The summed E-state index contributed by atoms with van der Waals surface area (Å²) >= 11 is 0. The van der Waals surface area contributed by atoms with Crippen molar-refractivity contribution < 1.29 is 60.6 Å². The molecule has 0 spiro atoms. The van der Waals surface area contributed by atoms with Crippen LogP contribution in [-0.4, -0.2) is 98.8 Å². The molecule has 0 saturated carbocycles. The average Bonchev–Trinajstić information content (AvgIpc) is 0.845. The predicted octanol–water partition coefficient (Wildman–Crippen LogP) is 14.4. The van der Waals surface area contributed by atoms with E-state index in [2.05, 4.69) is 69.4 Å². The molecule has 2 unspecified atom stereocenters. The number of sulfone groups is 1. The van der Waals surface area contributed by atoms with Gasteiger partial charge in [0, 0.05) is 18.7 Å². The molecule has 1 amide bonds. The standard InChI is InChI=1S/C33H33NO4.C30H33N5O6S.C15H14O3/c1-35-30-16-14-24(19-32(30)37-22-25-9-5-3-6-10-25)13-15-29-28-21-31(36-2)33(20-27(28)17-18-34-29)38-23-26-11-7-4-8-12-26;1-30(2,3)41-29(36)34-16-15-22-17-27(40-19-21-11-7-5-8-12-21)26(39-4)18-24(22)25(34)20-42(37,38)28-31-32-33-35(28)23-13-9-6-10-14-23;1-17-14-8-7-13(10-16)9-15(14)18-11-12-5-3-2-4-6-12/h3-16,19-21,29,34H,17-18,22-23H2,1-2H3;5-14,17-18,25H,15-16,19-20H2,1-4H3;2-10H,11H2,1H3/b15-13+;;. The van der Waals surface area contributed by atoms with E-state index >= 15 is 0 Å². The molecule has 19 nitrogen and oxygen atoms in total. The Morgan fingerprint density at radius 1 is 0.531 bits per heavy atom. The van der Waals surface area contributed by atoms with Gasteiger partial charge in [-0.3, -0.25) is 9.69 Å². The van der Waals surface area contributed by atoms with Gasteiger partial charge in [0.15, 0.2) is 46.0 Å². The molecule has 0 aliphatic carbocycles. The number of amides is 1. The van der Waals surface area contributed by atoms with Crippen LogP contribution in [0.5, 0.6) is 46.0 Å². The number of para-hydroxylation sites is 1. The van der Waals surface area contributed by atoms with Crippen LogP contribution in [0.1, 0.15) is 93.3 Å². The first-order valence-corrected chi connectivity index (χ1v) is 33.6. The monoisotopic (exact) mass is 1340 g/mol. The summed E-state index contributed by atoms with van der Waals surface area (Å²) in [6, 6.07) is 66.7. The van der Waals surface area contributed by atoms with E-state index in [1.165, 1.54) is 27.8 Å². The molecular weight excluding hydrogens is 1260 g/mol. The van der Waals surface area contributed by atoms with Gasteiger partial charge in [0.25, 0.3) is 5.16 Å². The Bertz CT molecular complexity index is 4390. The molecule has 1 aromatic heterocycles. The number of methoxy groups -OCH3 is 4. The molecule has 2 atom stereocenters. The maximum Gasteiger partial charge on any atom is 0.410 e. The third kappa shape index (κ3) is 18.7. The lowest BCUT2D eigenvalue weighted by atomic mass is 9.93. The molecule has 0 saturated heterocycles. The number of carbonyl (C=O) groups is 2. The van der Waals surface area contributed by atoms with Crippen molar-refractivity contribution in [2.45, 2.75) is 82.9 Å². The van der Waals surface area contributed by atoms with Gasteiger partial charge in [0.1, 0.15) is 38.3 Å². The maximum absolute atomic E-state index is 13.9. The van der Waals surface area contributed by atoms with Crippen LogP contribution < -0.4 is 43.2 Å². The van der Waals surface area contributed by atoms with Crippen LogP contribution in [0.4, 0.5) is 4.79 Å². The Labute approximate surface area is 572 Å². The van der Waals surface area contributed by atoms with E-state index < -0.39 is 33.3 Å². The number of hydrogen-bond acceptors (Lipinski definition) is 17. The third-order valence-electron chi connectivity index (χ3n) is 16.0. The average molecular weight is 1340 g/mol. The van der Waals surface area contributed by atoms with Crippen LogP contribution in [-0.2, 0) is 53.8 Å². The summed E-state index contributed by atoms with van der Waals surface area (Å²) in [6.07, 6.45) is 5.89. The molecular formula is C78H80N6O13S. The Balaban J connectivity index is 0.000000171. The molecule has 20 heteroatoms. The van der Waals surface area contributed by atoms with E-state index in [0.29, 0.717) is 78.4 Å². The number of rotatable bonds is 23. The molecule has 9 aromatic carbocycles. The number of benzene rings is 9. The normalized spacial score (nSPS) is 14.0. The summed E-state index contributed by atoms with van der Waals surface area (Å²) < 4.78 is 80.8. The third-order valence-corrected chi connectivity index (χ3v) is 17.5. The summed E-state index contributed by atoms with van der Waals surface area (Å²) in [4.78, 5) is 25.6. The van der Waals surface area contributed by atoms with Crippen LogP contribution in [0.3, 0.4) is 0 Å². The Kier molecular flexibility index (Phi) is 24.0. The van der Waals surface area contributed by atoms with Crippen molar-refractivity contribution in [3.05, 3.63) is 274 Å². The van der Waals surface area contributed by atoms with Gasteiger partial charge in [-0.25, -0.2) is 13.2 Å². The summed E-state index contributed by atoms with van der Waals surface area (Å²) in [5.74, 6) is 4.62. The van der Waals surface area contributed by atoms with Crippen LogP contribution in [0.25, 0.3) is 11.8 Å². The lowest BCUT2D eigenvalue weighted by molar-refractivity contribution is 0.0162. The van der Waals surface area contributed by atoms with Gasteiger partial charge in [-0.15, -0.1) is 0 Å². The van der Waals surface area contributed by atoms with Gasteiger partial charge in [-0.05, 0) is 161 Å². The van der Waals surface area contributed by atoms with E-state index in [-0.39, 0.29) is 17.7 Å². The summed E-state index contributed by atoms with van der Waals surface area (Å²) in [5.41, 5.74) is 9.57. The van der Waals surface area contributed by atoms with Crippen molar-refractivity contribution >= 4 is 28.3 Å². The topological polar surface area (TPSA) is 210 Å². The molecule has 2 aliphatic rings. The fraction of sp³-hybridized carbons (Fsp3) is 0.244. The Morgan fingerprint density at radius 2 is 0.969 bits per heavy atom. The van der Waals surface area contributed by atoms with Gasteiger partial charge in [0.05, 0.1) is 52.0 Å². The Hall–Kier alpha value is -11.0. The van der Waals surface area contributed by atoms with Crippen LogP contribution in [0.15, 0.2) is 224 Å². The van der Waals surface area contributed by atoms with E-state index in [9.17, 15) is 18.0 Å². The molecule has 98 heavy (non-hydrogen) atoms. The summed E-state index contributed by atoms with van der Waals surface area (Å²) in [7, 11) is 2.32. The molecule has 10 aromatic rings. The van der Waals surface area contributed by atoms with Crippen LogP contribution in [0.2, 0.25) is 0 Å². The Morgan fingerprint density at radius 3 is 1.44 bits per heavy atom. The molecule has 0 bridgehead atoms. The number of nitrogens with zero attached hydrogens (tertiary/aromatic N) is 5. The van der Waals surface area contributed by atoms with E-state index in [1.54, 1.807) is 90.6 Å². The minimum absolute atomic E-state index is 0.0617. The van der Waals surface area contributed by atoms with Gasteiger partial charge in [0.2, 0.25) is 9.84 Å². The van der Waals surface area contributed by atoms with Crippen molar-refractivity contribution in [3.8, 4) is 51.7 Å². The van der Waals surface area contributed by atoms with Gasteiger partial charge < -0.3 is 47.9 Å². The summed E-state index contributed by atoms with van der Waals surface area (Å²) in [5, 5.41) is 14.7. The lowest BCUT2D eigenvalue weighted by Gasteiger charge is -2.38. The largest absolute Gasteiger partial charge is 0.493 e. The second-order valence-corrected chi connectivity index (χ2v) is 25.8. The zero-order valence-electron chi connectivity index (χ0n) is 55.9. The molecule has 506 valence electrons. The predicted molar refractivity (Wildman–Crippen MR) is 375 cm³/mol. The molecule has 3 heterocycles. The highest BCUT2D eigenvalue weighted by Crippen LogP contribution is 2.42. The number of aromatic nitrogens is 4. The minimum Gasteiger partial charge on any atom is -0.493 e. The number of tetrazole rings is 1. The molecule has 1 N–H and O–H groups in total. The van der Waals surface area contributed by atoms with E-state index in [4.69, 9.17) is 42.6 Å². The van der Waals surface area contributed by atoms with Gasteiger partial charge in [-0.2, -0.15) is 4.68 Å². The van der Waals surface area contributed by atoms with Gasteiger partial charge in [-0.1, -0.05) is 163 Å². The smallest absolute Gasteiger partial charge is 0.410 e. The van der Waals surface area contributed by atoms with Crippen molar-refractivity contribution in [1.82, 2.24) is 30.4 Å².